The van der Waals surface area contributed by atoms with Crippen LogP contribution in [-0.4, -0.2) is 7.05 Å². The summed E-state index contributed by atoms with van der Waals surface area (Å²) < 4.78 is 1.10. The topological polar surface area (TPSA) is 29.3 Å². The van der Waals surface area contributed by atoms with Gasteiger partial charge < -0.3 is 10.6 Å². The van der Waals surface area contributed by atoms with Crippen LogP contribution in [0.3, 0.4) is 0 Å². The fraction of sp³-hybridized carbons (Fsp3) is 0.200. The largest absolute Gasteiger partial charge is 0.397 e. The summed E-state index contributed by atoms with van der Waals surface area (Å²) >= 11 is 3.49. The van der Waals surface area contributed by atoms with Crippen molar-refractivity contribution >= 4 is 27.3 Å². The highest BCUT2D eigenvalue weighted by Gasteiger charge is 2.08. The molecule has 0 spiro atoms. The number of nitrogens with zero attached hydrogens (tertiary/aromatic N) is 1. The van der Waals surface area contributed by atoms with Crippen LogP contribution in [0.15, 0.2) is 46.9 Å². The summed E-state index contributed by atoms with van der Waals surface area (Å²) in [4.78, 5) is 2.19. The van der Waals surface area contributed by atoms with E-state index in [1.807, 2.05) is 18.2 Å². The first-order valence-electron chi connectivity index (χ1n) is 5.88. The lowest BCUT2D eigenvalue weighted by atomic mass is 10.1. The van der Waals surface area contributed by atoms with Crippen molar-refractivity contribution in [1.29, 1.82) is 0 Å². The maximum absolute atomic E-state index is 6.05. The van der Waals surface area contributed by atoms with Crippen molar-refractivity contribution in [2.45, 2.75) is 13.5 Å². The maximum Gasteiger partial charge on any atom is 0.0630 e. The molecular formula is C15H17BrN2. The minimum absolute atomic E-state index is 0.826. The third kappa shape index (κ3) is 2.85. The molecule has 0 unspecified atom stereocenters. The lowest BCUT2D eigenvalue weighted by Gasteiger charge is -2.23. The van der Waals surface area contributed by atoms with Crippen LogP contribution < -0.4 is 10.6 Å². The molecule has 0 radical (unpaired) electrons. The van der Waals surface area contributed by atoms with Crippen molar-refractivity contribution in [3.8, 4) is 0 Å². The number of hydrogen-bond acceptors (Lipinski definition) is 2. The monoisotopic (exact) mass is 304 g/mol. The van der Waals surface area contributed by atoms with Gasteiger partial charge in [-0.05, 0) is 36.2 Å². The minimum Gasteiger partial charge on any atom is -0.397 e. The molecule has 2 nitrogen and oxygen atoms in total. The number of nitrogens with two attached hydrogens (primary N) is 1. The Morgan fingerprint density at radius 1 is 1.17 bits per heavy atom. The number of para-hydroxylation sites is 1. The molecule has 0 aliphatic rings. The molecule has 0 aliphatic carbocycles. The summed E-state index contributed by atoms with van der Waals surface area (Å²) in [6.07, 6.45) is 0. The van der Waals surface area contributed by atoms with Crippen molar-refractivity contribution in [2.24, 2.45) is 0 Å². The smallest absolute Gasteiger partial charge is 0.0630 e. The number of rotatable bonds is 3. The Labute approximate surface area is 117 Å². The molecule has 0 heterocycles. The first-order chi connectivity index (χ1) is 8.58. The summed E-state index contributed by atoms with van der Waals surface area (Å²) in [5.74, 6) is 0. The van der Waals surface area contributed by atoms with Gasteiger partial charge in [-0.15, -0.1) is 0 Å². The average molecular weight is 305 g/mol. The number of nitrogen functional groups attached to an aromatic ring is 1. The number of benzene rings is 2. The molecule has 2 N–H and O–H groups in total. The van der Waals surface area contributed by atoms with E-state index in [4.69, 9.17) is 5.73 Å². The number of halogens is 1. The molecule has 2 rings (SSSR count). The van der Waals surface area contributed by atoms with Gasteiger partial charge in [0.2, 0.25) is 0 Å². The van der Waals surface area contributed by atoms with Crippen LogP contribution in [0, 0.1) is 6.92 Å². The second-order valence-corrected chi connectivity index (χ2v) is 5.41. The Kier molecular flexibility index (Phi) is 3.92. The van der Waals surface area contributed by atoms with Crippen LogP contribution in [0.2, 0.25) is 0 Å². The predicted octanol–water partition coefficient (Wildman–Crippen LogP) is 3.98. The summed E-state index contributed by atoms with van der Waals surface area (Å²) in [5, 5.41) is 0. The van der Waals surface area contributed by atoms with Gasteiger partial charge in [0.1, 0.15) is 0 Å². The third-order valence-electron chi connectivity index (χ3n) is 2.96. The molecule has 0 saturated heterocycles. The number of anilines is 2. The maximum atomic E-state index is 6.05. The van der Waals surface area contributed by atoms with Gasteiger partial charge in [0, 0.05) is 18.1 Å². The predicted molar refractivity (Wildman–Crippen MR) is 81.8 cm³/mol. The molecule has 0 saturated carbocycles. The van der Waals surface area contributed by atoms with Crippen molar-refractivity contribution in [1.82, 2.24) is 0 Å². The van der Waals surface area contributed by atoms with Gasteiger partial charge in [0.25, 0.3) is 0 Å². The zero-order chi connectivity index (χ0) is 13.1. The van der Waals surface area contributed by atoms with Crippen LogP contribution in [0.4, 0.5) is 11.4 Å². The Morgan fingerprint density at radius 2 is 1.89 bits per heavy atom. The molecule has 2 aromatic rings. The Morgan fingerprint density at radius 3 is 2.56 bits per heavy atom. The highest BCUT2D eigenvalue weighted by molar-refractivity contribution is 9.10. The molecule has 0 aromatic heterocycles. The summed E-state index contributed by atoms with van der Waals surface area (Å²) in [5.41, 5.74) is 10.5. The van der Waals surface area contributed by atoms with Crippen LogP contribution in [0.1, 0.15) is 11.1 Å². The fourth-order valence-electron chi connectivity index (χ4n) is 2.19. The molecule has 18 heavy (non-hydrogen) atoms. The quantitative estimate of drug-likeness (QED) is 0.869. The van der Waals surface area contributed by atoms with Crippen LogP contribution in [0.25, 0.3) is 0 Å². The zero-order valence-electron chi connectivity index (χ0n) is 10.7. The molecule has 94 valence electrons. The standard InChI is InChI=1S/C15H17BrN2/c1-11-5-3-8-14(17)15(11)18(2)10-12-6-4-7-13(16)9-12/h3-9H,10,17H2,1-2H3. The second-order valence-electron chi connectivity index (χ2n) is 4.50. The van der Waals surface area contributed by atoms with Gasteiger partial charge in [-0.2, -0.15) is 0 Å². The normalized spacial score (nSPS) is 10.4. The summed E-state index contributed by atoms with van der Waals surface area (Å²) in [6, 6.07) is 14.4. The molecular weight excluding hydrogens is 288 g/mol. The van der Waals surface area contributed by atoms with E-state index in [-0.39, 0.29) is 0 Å². The van der Waals surface area contributed by atoms with Crippen molar-refractivity contribution in [3.63, 3.8) is 0 Å². The van der Waals surface area contributed by atoms with E-state index in [9.17, 15) is 0 Å². The Balaban J connectivity index is 2.25. The molecule has 3 heteroatoms. The summed E-state index contributed by atoms with van der Waals surface area (Å²) in [6.45, 7) is 2.93. The Hall–Kier alpha value is -1.48. The molecule has 0 atom stereocenters. The fourth-order valence-corrected chi connectivity index (χ4v) is 2.64. The molecule has 2 aromatic carbocycles. The van der Waals surface area contributed by atoms with Crippen LogP contribution in [0.5, 0.6) is 0 Å². The summed E-state index contributed by atoms with van der Waals surface area (Å²) in [7, 11) is 2.07. The van der Waals surface area contributed by atoms with Gasteiger partial charge in [0.15, 0.2) is 0 Å². The molecule has 0 aliphatic heterocycles. The lowest BCUT2D eigenvalue weighted by Crippen LogP contribution is -2.18. The molecule has 0 bridgehead atoms. The zero-order valence-corrected chi connectivity index (χ0v) is 12.2. The van der Waals surface area contributed by atoms with E-state index in [1.54, 1.807) is 0 Å². The van der Waals surface area contributed by atoms with Gasteiger partial charge in [0.05, 0.1) is 11.4 Å². The van der Waals surface area contributed by atoms with E-state index >= 15 is 0 Å². The van der Waals surface area contributed by atoms with Crippen LogP contribution >= 0.6 is 15.9 Å². The first kappa shape index (κ1) is 13.0. The highest BCUT2D eigenvalue weighted by Crippen LogP contribution is 2.27. The number of hydrogen-bond donors (Lipinski definition) is 1. The number of aryl methyl sites for hydroxylation is 1. The molecule has 0 amide bonds. The van der Waals surface area contributed by atoms with Crippen molar-refractivity contribution in [2.75, 3.05) is 17.7 Å². The second kappa shape index (κ2) is 5.44. The van der Waals surface area contributed by atoms with E-state index in [2.05, 4.69) is 59.1 Å². The van der Waals surface area contributed by atoms with Crippen molar-refractivity contribution in [3.05, 3.63) is 58.1 Å². The van der Waals surface area contributed by atoms with Crippen molar-refractivity contribution < 1.29 is 0 Å². The average Bonchev–Trinajstić information content (AvgIpc) is 2.28. The van der Waals surface area contributed by atoms with E-state index in [0.29, 0.717) is 0 Å². The van der Waals surface area contributed by atoms with Gasteiger partial charge in [-0.3, -0.25) is 0 Å². The first-order valence-corrected chi connectivity index (χ1v) is 6.68. The van der Waals surface area contributed by atoms with Gasteiger partial charge >= 0.3 is 0 Å². The molecule has 0 fully saturated rings. The third-order valence-corrected chi connectivity index (χ3v) is 3.45. The van der Waals surface area contributed by atoms with Gasteiger partial charge in [-0.25, -0.2) is 0 Å². The van der Waals surface area contributed by atoms with Gasteiger partial charge in [-0.1, -0.05) is 40.2 Å². The van der Waals surface area contributed by atoms with E-state index in [0.717, 1.165) is 22.4 Å². The van der Waals surface area contributed by atoms with E-state index < -0.39 is 0 Å². The highest BCUT2D eigenvalue weighted by atomic mass is 79.9. The van der Waals surface area contributed by atoms with Crippen LogP contribution in [-0.2, 0) is 6.54 Å². The van der Waals surface area contributed by atoms with E-state index in [1.165, 1.54) is 11.1 Å². The SMILES string of the molecule is Cc1cccc(N)c1N(C)Cc1cccc(Br)c1. The Bertz CT molecular complexity index is 532. The lowest BCUT2D eigenvalue weighted by molar-refractivity contribution is 0.918. The minimum atomic E-state index is 0.826.